The van der Waals surface area contributed by atoms with Gasteiger partial charge in [-0.1, -0.05) is 36.4 Å². The lowest BCUT2D eigenvalue weighted by Gasteiger charge is -2.18. The molecule has 0 atom stereocenters. The van der Waals surface area contributed by atoms with Gasteiger partial charge in [0.15, 0.2) is 6.61 Å². The Hall–Kier alpha value is -3.02. The van der Waals surface area contributed by atoms with Gasteiger partial charge in [0.2, 0.25) is 0 Å². The Morgan fingerprint density at radius 3 is 2.83 bits per heavy atom. The molecule has 2 amide bonds. The minimum atomic E-state index is -0.494. The summed E-state index contributed by atoms with van der Waals surface area (Å²) in [6.45, 7) is 0.550. The van der Waals surface area contributed by atoms with Crippen molar-refractivity contribution in [1.29, 1.82) is 0 Å². The molecule has 0 aromatic heterocycles. The molecule has 0 radical (unpaired) electrons. The highest BCUT2D eigenvalue weighted by atomic mass is 16.5. The highest BCUT2D eigenvalue weighted by Crippen LogP contribution is 2.28. The van der Waals surface area contributed by atoms with Crippen LogP contribution in [-0.2, 0) is 22.7 Å². The average Bonchev–Trinajstić information content (AvgIpc) is 2.58. The van der Waals surface area contributed by atoms with Gasteiger partial charge in [0, 0.05) is 6.54 Å². The maximum Gasteiger partial charge on any atom is 0.407 e. The molecule has 0 aliphatic carbocycles. The summed E-state index contributed by atoms with van der Waals surface area (Å²) in [5.41, 5.74) is 2.38. The van der Waals surface area contributed by atoms with E-state index in [0.717, 1.165) is 11.1 Å². The van der Waals surface area contributed by atoms with E-state index in [2.05, 4.69) is 10.6 Å². The predicted octanol–water partition coefficient (Wildman–Crippen LogP) is 2.44. The van der Waals surface area contributed by atoms with Gasteiger partial charge in [-0.3, -0.25) is 4.79 Å². The molecule has 6 nitrogen and oxygen atoms in total. The maximum atomic E-state index is 11.7. The summed E-state index contributed by atoms with van der Waals surface area (Å²) in [5.74, 6) is 0.435. The number of carbonyl (C=O) groups excluding carboxylic acids is 2. The molecule has 23 heavy (non-hydrogen) atoms. The van der Waals surface area contributed by atoms with Crippen molar-refractivity contribution in [2.45, 2.75) is 13.2 Å². The molecule has 0 bridgehead atoms. The smallest absolute Gasteiger partial charge is 0.407 e. The molecule has 3 rings (SSSR count). The van der Waals surface area contributed by atoms with E-state index in [1.807, 2.05) is 36.4 Å². The van der Waals surface area contributed by atoms with Crippen LogP contribution in [0.4, 0.5) is 10.5 Å². The molecule has 0 spiro atoms. The van der Waals surface area contributed by atoms with Crippen LogP contribution in [0.2, 0.25) is 0 Å². The summed E-state index contributed by atoms with van der Waals surface area (Å²) < 4.78 is 10.4. The summed E-state index contributed by atoms with van der Waals surface area (Å²) in [5, 5.41) is 5.40. The van der Waals surface area contributed by atoms with E-state index in [9.17, 15) is 9.59 Å². The lowest BCUT2D eigenvalue weighted by molar-refractivity contribution is -0.118. The highest BCUT2D eigenvalue weighted by molar-refractivity contribution is 5.95. The van der Waals surface area contributed by atoms with Crippen molar-refractivity contribution < 1.29 is 19.1 Å². The average molecular weight is 312 g/mol. The third kappa shape index (κ3) is 4.00. The van der Waals surface area contributed by atoms with Gasteiger partial charge in [-0.15, -0.1) is 0 Å². The highest BCUT2D eigenvalue weighted by Gasteiger charge is 2.16. The first kappa shape index (κ1) is 14.9. The summed E-state index contributed by atoms with van der Waals surface area (Å²) in [7, 11) is 0. The van der Waals surface area contributed by atoms with E-state index < -0.39 is 6.09 Å². The van der Waals surface area contributed by atoms with Gasteiger partial charge >= 0.3 is 6.09 Å². The molecular formula is C17H16N2O4. The van der Waals surface area contributed by atoms with Gasteiger partial charge in [-0.2, -0.15) is 0 Å². The van der Waals surface area contributed by atoms with Crippen LogP contribution >= 0.6 is 0 Å². The number of benzene rings is 2. The first-order valence-corrected chi connectivity index (χ1v) is 7.21. The lowest BCUT2D eigenvalue weighted by atomic mass is 10.1. The number of alkyl carbamates (subject to hydrolysis) is 1. The van der Waals surface area contributed by atoms with E-state index in [1.165, 1.54) is 0 Å². The van der Waals surface area contributed by atoms with E-state index in [4.69, 9.17) is 9.47 Å². The number of hydrogen-bond donors (Lipinski definition) is 2. The number of rotatable bonds is 4. The minimum absolute atomic E-state index is 0.0242. The van der Waals surface area contributed by atoms with E-state index in [0.29, 0.717) is 18.0 Å². The van der Waals surface area contributed by atoms with Crippen LogP contribution in [0.1, 0.15) is 11.1 Å². The van der Waals surface area contributed by atoms with Crippen LogP contribution < -0.4 is 15.4 Å². The Morgan fingerprint density at radius 2 is 2.00 bits per heavy atom. The number of nitrogens with one attached hydrogen (secondary N) is 2. The zero-order valence-electron chi connectivity index (χ0n) is 12.4. The molecule has 1 aliphatic heterocycles. The van der Waals surface area contributed by atoms with Gasteiger partial charge in [0.05, 0.1) is 5.69 Å². The predicted molar refractivity (Wildman–Crippen MR) is 84.0 cm³/mol. The maximum absolute atomic E-state index is 11.7. The zero-order valence-corrected chi connectivity index (χ0v) is 12.4. The van der Waals surface area contributed by atoms with E-state index >= 15 is 0 Å². The largest absolute Gasteiger partial charge is 0.482 e. The fourth-order valence-electron chi connectivity index (χ4n) is 2.19. The summed E-state index contributed by atoms with van der Waals surface area (Å²) in [6, 6.07) is 14.8. The molecule has 2 aromatic carbocycles. The Labute approximate surface area is 133 Å². The molecule has 6 heteroatoms. The van der Waals surface area contributed by atoms with Crippen LogP contribution in [0, 0.1) is 0 Å². The fourth-order valence-corrected chi connectivity index (χ4v) is 2.19. The van der Waals surface area contributed by atoms with Crippen molar-refractivity contribution >= 4 is 17.7 Å². The standard InChI is InChI=1S/C17H16N2O4/c20-16-11-22-15-7-6-13(8-14(15)19-16)9-18-17(21)23-10-12-4-2-1-3-5-12/h1-8H,9-11H2,(H,18,21)(H,19,20). The van der Waals surface area contributed by atoms with Gasteiger partial charge in [-0.25, -0.2) is 4.79 Å². The third-order valence-corrected chi connectivity index (χ3v) is 3.33. The summed E-state index contributed by atoms with van der Waals surface area (Å²) >= 11 is 0. The number of amides is 2. The fraction of sp³-hybridized carbons (Fsp3) is 0.176. The van der Waals surface area contributed by atoms with Gasteiger partial charge in [-0.05, 0) is 23.3 Å². The summed E-state index contributed by atoms with van der Waals surface area (Å²) in [4.78, 5) is 23.0. The molecule has 1 aliphatic rings. The van der Waals surface area contributed by atoms with Crippen LogP contribution in [0.25, 0.3) is 0 Å². The molecule has 0 saturated heterocycles. The lowest BCUT2D eigenvalue weighted by Crippen LogP contribution is -2.26. The molecule has 0 unspecified atom stereocenters. The van der Waals surface area contributed by atoms with Gasteiger partial charge < -0.3 is 20.1 Å². The quantitative estimate of drug-likeness (QED) is 0.909. The van der Waals surface area contributed by atoms with Crippen molar-refractivity contribution in [2.24, 2.45) is 0 Å². The van der Waals surface area contributed by atoms with Crippen LogP contribution in [-0.4, -0.2) is 18.6 Å². The van der Waals surface area contributed by atoms with Crippen molar-refractivity contribution in [3.8, 4) is 5.75 Å². The number of anilines is 1. The van der Waals surface area contributed by atoms with Crippen molar-refractivity contribution in [2.75, 3.05) is 11.9 Å². The topological polar surface area (TPSA) is 76.7 Å². The second-order valence-electron chi connectivity index (χ2n) is 5.08. The van der Waals surface area contributed by atoms with Crippen LogP contribution in [0.15, 0.2) is 48.5 Å². The van der Waals surface area contributed by atoms with Crippen LogP contribution in [0.5, 0.6) is 5.75 Å². The third-order valence-electron chi connectivity index (χ3n) is 3.33. The molecule has 118 valence electrons. The second-order valence-corrected chi connectivity index (χ2v) is 5.08. The molecule has 2 N–H and O–H groups in total. The van der Waals surface area contributed by atoms with Gasteiger partial charge in [0.1, 0.15) is 12.4 Å². The van der Waals surface area contributed by atoms with E-state index in [1.54, 1.807) is 12.1 Å². The summed E-state index contributed by atoms with van der Waals surface area (Å²) in [6.07, 6.45) is -0.494. The number of hydrogen-bond acceptors (Lipinski definition) is 4. The number of carbonyl (C=O) groups is 2. The van der Waals surface area contributed by atoms with E-state index in [-0.39, 0.29) is 19.1 Å². The zero-order chi connectivity index (χ0) is 16.1. The Kier molecular flexibility index (Phi) is 4.42. The van der Waals surface area contributed by atoms with Crippen LogP contribution in [0.3, 0.4) is 0 Å². The second kappa shape index (κ2) is 6.83. The minimum Gasteiger partial charge on any atom is -0.482 e. The molecule has 2 aromatic rings. The Morgan fingerprint density at radius 1 is 1.17 bits per heavy atom. The first-order chi connectivity index (χ1) is 11.2. The van der Waals surface area contributed by atoms with Crippen molar-refractivity contribution in [1.82, 2.24) is 5.32 Å². The molecular weight excluding hydrogens is 296 g/mol. The Bertz CT molecular complexity index is 716. The van der Waals surface area contributed by atoms with Crippen molar-refractivity contribution in [3.63, 3.8) is 0 Å². The van der Waals surface area contributed by atoms with Crippen molar-refractivity contribution in [3.05, 3.63) is 59.7 Å². The SMILES string of the molecule is O=C1COc2ccc(CNC(=O)OCc3ccccc3)cc2N1. The first-order valence-electron chi connectivity index (χ1n) is 7.21. The normalized spacial score (nSPS) is 12.6. The number of ether oxygens (including phenoxy) is 2. The molecule has 0 saturated carbocycles. The number of fused-ring (bicyclic) bond motifs is 1. The molecule has 1 heterocycles. The monoisotopic (exact) mass is 312 g/mol. The van der Waals surface area contributed by atoms with Gasteiger partial charge in [0.25, 0.3) is 5.91 Å². The Balaban J connectivity index is 1.51. The molecule has 0 fully saturated rings.